The van der Waals surface area contributed by atoms with Crippen molar-refractivity contribution in [1.82, 2.24) is 0 Å². The van der Waals surface area contributed by atoms with Gasteiger partial charge in [0.2, 0.25) is 0 Å². The van der Waals surface area contributed by atoms with Gasteiger partial charge in [0.05, 0.1) is 0 Å². The van der Waals surface area contributed by atoms with Crippen LogP contribution in [0.5, 0.6) is 0 Å². The molecule has 0 fully saturated rings. The topological polar surface area (TPSA) is 33.0 Å². The Labute approximate surface area is 76.3 Å². The number of ether oxygens (including phenoxy) is 1. The lowest BCUT2D eigenvalue weighted by molar-refractivity contribution is 0.257. The second kappa shape index (κ2) is 4.63. The van der Waals surface area contributed by atoms with E-state index in [1.807, 2.05) is 24.3 Å². The number of hydrogen-bond donors (Lipinski definition) is 0. The second-order valence-corrected chi connectivity index (χ2v) is 2.60. The summed E-state index contributed by atoms with van der Waals surface area (Å²) in [6.45, 7) is 0.321. The minimum absolute atomic E-state index is 0.321. The van der Waals surface area contributed by atoms with Gasteiger partial charge in [-0.25, -0.2) is 0 Å². The fraction of sp³-hybridized carbons (Fsp3) is 0.222. The fourth-order valence-corrected chi connectivity index (χ4v) is 1.08. The van der Waals surface area contributed by atoms with Crippen molar-refractivity contribution in [2.24, 2.45) is 0 Å². The maximum Gasteiger partial charge on any atom is 0.286 e. The average Bonchev–Trinajstić information content (AvgIpc) is 2.15. The summed E-state index contributed by atoms with van der Waals surface area (Å²) in [6.07, 6.45) is 1.62. The van der Waals surface area contributed by atoms with Gasteiger partial charge in [0, 0.05) is 5.88 Å². The zero-order chi connectivity index (χ0) is 8.81. The van der Waals surface area contributed by atoms with Crippen LogP contribution in [-0.2, 0) is 17.2 Å². The molecular formula is C9H8ClNO. The molecule has 1 aromatic carbocycles. The van der Waals surface area contributed by atoms with E-state index < -0.39 is 0 Å². The van der Waals surface area contributed by atoms with Crippen LogP contribution >= 0.6 is 11.6 Å². The molecule has 1 aromatic rings. The molecule has 0 saturated heterocycles. The van der Waals surface area contributed by atoms with Gasteiger partial charge in [-0.1, -0.05) is 24.3 Å². The summed E-state index contributed by atoms with van der Waals surface area (Å²) in [5.41, 5.74) is 2.01. The molecule has 0 saturated carbocycles. The van der Waals surface area contributed by atoms with Gasteiger partial charge in [-0.3, -0.25) is 0 Å². The van der Waals surface area contributed by atoms with E-state index in [2.05, 4.69) is 4.74 Å². The highest BCUT2D eigenvalue weighted by molar-refractivity contribution is 6.17. The predicted molar refractivity (Wildman–Crippen MR) is 46.4 cm³/mol. The summed E-state index contributed by atoms with van der Waals surface area (Å²) >= 11 is 5.63. The van der Waals surface area contributed by atoms with Crippen molar-refractivity contribution in [2.75, 3.05) is 0 Å². The van der Waals surface area contributed by atoms with Gasteiger partial charge < -0.3 is 4.74 Å². The van der Waals surface area contributed by atoms with Crippen molar-refractivity contribution in [1.29, 1.82) is 5.26 Å². The Balaban J connectivity index is 2.67. The zero-order valence-electron chi connectivity index (χ0n) is 6.46. The highest BCUT2D eigenvalue weighted by Crippen LogP contribution is 2.08. The Hall–Kier alpha value is -1.20. The lowest BCUT2D eigenvalue weighted by Gasteiger charge is -1.99. The number of nitrogens with zero attached hydrogens (tertiary/aromatic N) is 1. The maximum atomic E-state index is 8.16. The molecule has 62 valence electrons. The van der Waals surface area contributed by atoms with Gasteiger partial charge in [0.1, 0.15) is 6.61 Å². The molecule has 0 unspecified atom stereocenters. The second-order valence-electron chi connectivity index (χ2n) is 2.33. The van der Waals surface area contributed by atoms with E-state index >= 15 is 0 Å². The van der Waals surface area contributed by atoms with Crippen LogP contribution in [-0.4, -0.2) is 0 Å². The van der Waals surface area contributed by atoms with Crippen LogP contribution in [0, 0.1) is 11.5 Å². The highest BCUT2D eigenvalue weighted by atomic mass is 35.5. The predicted octanol–water partition coefficient (Wildman–Crippen LogP) is 2.42. The monoisotopic (exact) mass is 181 g/mol. The van der Waals surface area contributed by atoms with E-state index in [0.29, 0.717) is 12.5 Å². The van der Waals surface area contributed by atoms with Gasteiger partial charge in [-0.2, -0.15) is 5.26 Å². The summed E-state index contributed by atoms with van der Waals surface area (Å²) in [5, 5.41) is 8.16. The van der Waals surface area contributed by atoms with Crippen molar-refractivity contribution < 1.29 is 4.74 Å². The number of alkyl halides is 1. The van der Waals surface area contributed by atoms with Crippen molar-refractivity contribution in [3.63, 3.8) is 0 Å². The Morgan fingerprint density at radius 2 is 2.17 bits per heavy atom. The first kappa shape index (κ1) is 8.89. The first-order valence-corrected chi connectivity index (χ1v) is 4.05. The quantitative estimate of drug-likeness (QED) is 0.530. The van der Waals surface area contributed by atoms with E-state index in [9.17, 15) is 0 Å². The Kier molecular flexibility index (Phi) is 3.43. The molecule has 0 aliphatic rings. The summed E-state index contributed by atoms with van der Waals surface area (Å²) in [4.78, 5) is 0. The third kappa shape index (κ3) is 2.44. The molecule has 0 heterocycles. The van der Waals surface area contributed by atoms with Gasteiger partial charge in [-0.15, -0.1) is 11.6 Å². The molecule has 0 radical (unpaired) electrons. The largest absolute Gasteiger partial charge is 0.423 e. The SMILES string of the molecule is N#COCc1cccc(CCl)c1. The number of rotatable bonds is 3. The summed E-state index contributed by atoms with van der Waals surface area (Å²) in [6, 6.07) is 7.65. The molecule has 0 spiro atoms. The first-order chi connectivity index (χ1) is 5.86. The summed E-state index contributed by atoms with van der Waals surface area (Å²) < 4.78 is 4.58. The van der Waals surface area contributed by atoms with E-state index in [4.69, 9.17) is 16.9 Å². The lowest BCUT2D eigenvalue weighted by atomic mass is 10.1. The fourth-order valence-electron chi connectivity index (χ4n) is 0.918. The molecule has 0 bridgehead atoms. The summed E-state index contributed by atoms with van der Waals surface area (Å²) in [5.74, 6) is 0.487. The van der Waals surface area contributed by atoms with E-state index in [-0.39, 0.29) is 0 Å². The van der Waals surface area contributed by atoms with Crippen molar-refractivity contribution >= 4 is 11.6 Å². The van der Waals surface area contributed by atoms with Gasteiger partial charge >= 0.3 is 0 Å². The van der Waals surface area contributed by atoms with Crippen LogP contribution in [0.25, 0.3) is 0 Å². The molecule has 2 nitrogen and oxygen atoms in total. The Bertz CT molecular complexity index is 293. The molecule has 0 aromatic heterocycles. The van der Waals surface area contributed by atoms with Gasteiger partial charge in [-0.05, 0) is 11.1 Å². The number of benzene rings is 1. The van der Waals surface area contributed by atoms with E-state index in [1.54, 1.807) is 6.26 Å². The van der Waals surface area contributed by atoms with E-state index in [1.165, 1.54) is 0 Å². The van der Waals surface area contributed by atoms with Crippen molar-refractivity contribution in [2.45, 2.75) is 12.5 Å². The molecular weight excluding hydrogens is 174 g/mol. The molecule has 3 heteroatoms. The van der Waals surface area contributed by atoms with Crippen molar-refractivity contribution in [3.05, 3.63) is 35.4 Å². The van der Waals surface area contributed by atoms with Gasteiger partial charge in [0.15, 0.2) is 0 Å². The van der Waals surface area contributed by atoms with Crippen LogP contribution in [0.4, 0.5) is 0 Å². The molecule has 0 aliphatic carbocycles. The molecule has 0 amide bonds. The highest BCUT2D eigenvalue weighted by Gasteiger charge is 1.94. The smallest absolute Gasteiger partial charge is 0.286 e. The minimum atomic E-state index is 0.321. The molecule has 0 aliphatic heterocycles. The molecule has 1 rings (SSSR count). The first-order valence-electron chi connectivity index (χ1n) is 3.51. The standard InChI is InChI=1S/C9H8ClNO/c10-5-8-2-1-3-9(4-8)6-12-7-11/h1-4H,5-6H2. The average molecular weight is 182 g/mol. The van der Waals surface area contributed by atoms with Gasteiger partial charge in [0.25, 0.3) is 6.26 Å². The normalized spacial score (nSPS) is 9.00. The van der Waals surface area contributed by atoms with Crippen LogP contribution in [0.1, 0.15) is 11.1 Å². The van der Waals surface area contributed by atoms with Crippen molar-refractivity contribution in [3.8, 4) is 6.26 Å². The zero-order valence-corrected chi connectivity index (χ0v) is 7.21. The van der Waals surface area contributed by atoms with E-state index in [0.717, 1.165) is 11.1 Å². The number of nitriles is 1. The van der Waals surface area contributed by atoms with Crippen LogP contribution in [0.3, 0.4) is 0 Å². The lowest BCUT2D eigenvalue weighted by Crippen LogP contribution is -1.87. The third-order valence-corrected chi connectivity index (χ3v) is 1.76. The molecule has 0 atom stereocenters. The maximum absolute atomic E-state index is 8.16. The Morgan fingerprint density at radius 1 is 1.42 bits per heavy atom. The molecule has 0 N–H and O–H groups in total. The Morgan fingerprint density at radius 3 is 2.83 bits per heavy atom. The van der Waals surface area contributed by atoms with Crippen LogP contribution in [0.2, 0.25) is 0 Å². The van der Waals surface area contributed by atoms with Crippen LogP contribution < -0.4 is 0 Å². The number of halogens is 1. The minimum Gasteiger partial charge on any atom is -0.423 e. The third-order valence-electron chi connectivity index (χ3n) is 1.45. The number of hydrogen-bond acceptors (Lipinski definition) is 2. The van der Waals surface area contributed by atoms with Crippen LogP contribution in [0.15, 0.2) is 24.3 Å². The molecule has 12 heavy (non-hydrogen) atoms. The summed E-state index contributed by atoms with van der Waals surface area (Å²) in [7, 11) is 0.